The number of nitrogens with one attached hydrogen (secondary N) is 1. The zero-order chi connectivity index (χ0) is 27.9. The molecule has 1 heterocycles. The van der Waals surface area contributed by atoms with Crippen molar-refractivity contribution in [2.75, 3.05) is 25.5 Å². The van der Waals surface area contributed by atoms with E-state index in [0.717, 1.165) is 22.6 Å². The summed E-state index contributed by atoms with van der Waals surface area (Å²) < 4.78 is 37.3. The summed E-state index contributed by atoms with van der Waals surface area (Å²) in [5.41, 5.74) is 1.44. The number of ether oxygens (including phenoxy) is 2. The van der Waals surface area contributed by atoms with E-state index in [1.807, 2.05) is 30.3 Å². The molecule has 200 valence electrons. The number of amides is 1. The molecular formula is C27H31N5O5S. The van der Waals surface area contributed by atoms with Crippen LogP contribution in [0.5, 0.6) is 5.75 Å². The van der Waals surface area contributed by atoms with Gasteiger partial charge in [0.05, 0.1) is 23.8 Å². The highest BCUT2D eigenvalue weighted by Crippen LogP contribution is 2.24. The molecule has 11 heteroatoms. The largest absolute Gasteiger partial charge is 0.497 e. The molecule has 0 saturated heterocycles. The van der Waals surface area contributed by atoms with Crippen LogP contribution in [-0.2, 0) is 21.2 Å². The maximum Gasteiger partial charge on any atom is 0.425 e. The smallest absolute Gasteiger partial charge is 0.425 e. The Hall–Kier alpha value is -4.17. The third-order valence-electron chi connectivity index (χ3n) is 5.22. The van der Waals surface area contributed by atoms with Gasteiger partial charge >= 0.3 is 6.09 Å². The van der Waals surface area contributed by atoms with Gasteiger partial charge in [0.25, 0.3) is 10.0 Å². The Morgan fingerprint density at radius 2 is 1.84 bits per heavy atom. The number of nitriles is 1. The monoisotopic (exact) mass is 537 g/mol. The number of benzene rings is 2. The first-order valence-corrected chi connectivity index (χ1v) is 13.3. The van der Waals surface area contributed by atoms with E-state index in [1.54, 1.807) is 53.0 Å². The topological polar surface area (TPSA) is 135 Å². The van der Waals surface area contributed by atoms with Crippen molar-refractivity contribution in [3.63, 3.8) is 0 Å². The Labute approximate surface area is 223 Å². The fourth-order valence-electron chi connectivity index (χ4n) is 3.54. The van der Waals surface area contributed by atoms with E-state index in [1.165, 1.54) is 12.1 Å². The standard InChI is InChI=1S/C27H31N5O5S/c1-19-30-24(21-9-7-10-22(17-21)36-5)18-25(31-19)29-14-12-20-8-6-11-23(16-20)38(34,35)32(15-13-28)26(33)37-27(2,3)4/h6-11,16-18H,12,14-15H2,1-5H3,(H,29,30,31). The zero-order valence-electron chi connectivity index (χ0n) is 22.1. The van der Waals surface area contributed by atoms with Crippen LogP contribution in [0.3, 0.4) is 0 Å². The van der Waals surface area contributed by atoms with E-state index in [9.17, 15) is 13.2 Å². The Morgan fingerprint density at radius 3 is 2.53 bits per heavy atom. The number of rotatable bonds is 9. The van der Waals surface area contributed by atoms with Gasteiger partial charge in [0.1, 0.15) is 29.5 Å². The highest BCUT2D eigenvalue weighted by molar-refractivity contribution is 7.89. The third-order valence-corrected chi connectivity index (χ3v) is 6.93. The van der Waals surface area contributed by atoms with Gasteiger partial charge in [0, 0.05) is 18.2 Å². The molecule has 0 radical (unpaired) electrons. The minimum atomic E-state index is -4.30. The van der Waals surface area contributed by atoms with E-state index in [0.29, 0.717) is 28.9 Å². The highest BCUT2D eigenvalue weighted by Gasteiger charge is 2.33. The summed E-state index contributed by atoms with van der Waals surface area (Å²) in [6.07, 6.45) is -0.622. The van der Waals surface area contributed by atoms with Crippen LogP contribution in [0.4, 0.5) is 10.6 Å². The van der Waals surface area contributed by atoms with Crippen LogP contribution in [0.1, 0.15) is 32.2 Å². The number of aryl methyl sites for hydroxylation is 1. The molecule has 10 nitrogen and oxygen atoms in total. The quantitative estimate of drug-likeness (QED) is 0.390. The van der Waals surface area contributed by atoms with Crippen LogP contribution in [-0.4, -0.2) is 54.6 Å². The molecule has 0 aliphatic carbocycles. The van der Waals surface area contributed by atoms with Crippen LogP contribution in [0, 0.1) is 18.3 Å². The van der Waals surface area contributed by atoms with Crippen molar-refractivity contribution < 1.29 is 22.7 Å². The number of hydrogen-bond donors (Lipinski definition) is 1. The van der Waals surface area contributed by atoms with Crippen LogP contribution in [0.25, 0.3) is 11.3 Å². The van der Waals surface area contributed by atoms with Gasteiger partial charge in [-0.05, 0) is 63.9 Å². The summed E-state index contributed by atoms with van der Waals surface area (Å²) in [7, 11) is -2.69. The second-order valence-corrected chi connectivity index (χ2v) is 11.3. The number of carbonyl (C=O) groups excluding carboxylic acids is 1. The van der Waals surface area contributed by atoms with Crippen molar-refractivity contribution >= 4 is 21.9 Å². The maximum atomic E-state index is 13.2. The minimum absolute atomic E-state index is 0.102. The first-order valence-electron chi connectivity index (χ1n) is 11.9. The van der Waals surface area contributed by atoms with Crippen molar-refractivity contribution in [1.29, 1.82) is 5.26 Å². The molecule has 0 bridgehead atoms. The van der Waals surface area contributed by atoms with Crippen LogP contribution in [0.15, 0.2) is 59.5 Å². The summed E-state index contributed by atoms with van der Waals surface area (Å²) in [5.74, 6) is 1.95. The summed E-state index contributed by atoms with van der Waals surface area (Å²) in [4.78, 5) is 21.4. The maximum absolute atomic E-state index is 13.2. The van der Waals surface area contributed by atoms with E-state index >= 15 is 0 Å². The predicted molar refractivity (Wildman–Crippen MR) is 143 cm³/mol. The Kier molecular flexibility index (Phi) is 8.91. The fourth-order valence-corrected chi connectivity index (χ4v) is 4.80. The normalized spacial score (nSPS) is 11.4. The average molecular weight is 538 g/mol. The van der Waals surface area contributed by atoms with Crippen molar-refractivity contribution in [2.24, 2.45) is 0 Å². The van der Waals surface area contributed by atoms with Gasteiger partial charge in [0.2, 0.25) is 0 Å². The average Bonchev–Trinajstić information content (AvgIpc) is 2.86. The molecular weight excluding hydrogens is 506 g/mol. The molecule has 1 amide bonds. The molecule has 0 fully saturated rings. The van der Waals surface area contributed by atoms with Gasteiger partial charge in [-0.1, -0.05) is 24.3 Å². The number of sulfonamides is 1. The van der Waals surface area contributed by atoms with Crippen LogP contribution in [0.2, 0.25) is 0 Å². The van der Waals surface area contributed by atoms with Crippen molar-refractivity contribution in [2.45, 2.75) is 44.6 Å². The Morgan fingerprint density at radius 1 is 1.11 bits per heavy atom. The lowest BCUT2D eigenvalue weighted by molar-refractivity contribution is 0.0406. The fraction of sp³-hybridized carbons (Fsp3) is 0.333. The molecule has 0 aliphatic rings. The molecule has 1 aromatic heterocycles. The molecule has 1 N–H and O–H groups in total. The molecule has 0 unspecified atom stereocenters. The molecule has 38 heavy (non-hydrogen) atoms. The van der Waals surface area contributed by atoms with Crippen molar-refractivity contribution in [3.8, 4) is 23.1 Å². The van der Waals surface area contributed by atoms with E-state index in [2.05, 4.69) is 15.3 Å². The van der Waals surface area contributed by atoms with Gasteiger partial charge in [-0.15, -0.1) is 0 Å². The summed E-state index contributed by atoms with van der Waals surface area (Å²) in [5, 5.41) is 12.4. The number of carbonyl (C=O) groups is 1. The molecule has 0 atom stereocenters. The molecule has 0 aliphatic heterocycles. The molecule has 0 saturated carbocycles. The van der Waals surface area contributed by atoms with Crippen molar-refractivity contribution in [1.82, 2.24) is 14.3 Å². The molecule has 0 spiro atoms. The second-order valence-electron chi connectivity index (χ2n) is 9.39. The van der Waals surface area contributed by atoms with Gasteiger partial charge in [-0.3, -0.25) is 0 Å². The number of hydrogen-bond acceptors (Lipinski definition) is 9. The number of anilines is 1. The van der Waals surface area contributed by atoms with Gasteiger partial charge in [0.15, 0.2) is 0 Å². The SMILES string of the molecule is COc1cccc(-c2cc(NCCc3cccc(S(=O)(=O)N(CC#N)C(=O)OC(C)(C)C)c3)nc(C)n2)c1. The number of methoxy groups -OCH3 is 1. The lowest BCUT2D eigenvalue weighted by atomic mass is 10.1. The molecule has 3 aromatic rings. The highest BCUT2D eigenvalue weighted by atomic mass is 32.2. The molecule has 3 rings (SSSR count). The predicted octanol–water partition coefficient (Wildman–Crippen LogP) is 4.56. The van der Waals surface area contributed by atoms with Gasteiger partial charge in [-0.25, -0.2) is 23.2 Å². The molecule has 2 aromatic carbocycles. The lowest BCUT2D eigenvalue weighted by Gasteiger charge is -2.25. The second kappa shape index (κ2) is 11.9. The summed E-state index contributed by atoms with van der Waals surface area (Å²) in [6.45, 7) is 6.47. The van der Waals surface area contributed by atoms with E-state index in [-0.39, 0.29) is 4.90 Å². The third kappa shape index (κ3) is 7.43. The first kappa shape index (κ1) is 28.4. The summed E-state index contributed by atoms with van der Waals surface area (Å²) >= 11 is 0. The van der Waals surface area contributed by atoms with Crippen LogP contribution >= 0.6 is 0 Å². The first-order chi connectivity index (χ1) is 17.9. The zero-order valence-corrected chi connectivity index (χ0v) is 22.9. The minimum Gasteiger partial charge on any atom is -0.497 e. The van der Waals surface area contributed by atoms with Crippen molar-refractivity contribution in [3.05, 3.63) is 66.0 Å². The summed E-state index contributed by atoms with van der Waals surface area (Å²) in [6, 6.07) is 17.4. The number of nitrogens with zero attached hydrogens (tertiary/aromatic N) is 4. The number of aromatic nitrogens is 2. The van der Waals surface area contributed by atoms with Crippen LogP contribution < -0.4 is 10.1 Å². The Balaban J connectivity index is 1.74. The van der Waals surface area contributed by atoms with E-state index in [4.69, 9.17) is 14.7 Å². The van der Waals surface area contributed by atoms with Gasteiger partial charge < -0.3 is 14.8 Å². The van der Waals surface area contributed by atoms with E-state index < -0.39 is 28.3 Å². The van der Waals surface area contributed by atoms with Gasteiger partial charge in [-0.2, -0.15) is 9.57 Å². The lowest BCUT2D eigenvalue weighted by Crippen LogP contribution is -2.41. The Bertz CT molecular complexity index is 1440.